The van der Waals surface area contributed by atoms with E-state index in [-0.39, 0.29) is 5.75 Å². The maximum Gasteiger partial charge on any atom is 0.239 e. The average molecular weight is 292 g/mol. The van der Waals surface area contributed by atoms with Gasteiger partial charge in [-0.05, 0) is 17.7 Å². The van der Waals surface area contributed by atoms with Crippen LogP contribution in [0.2, 0.25) is 0 Å². The highest BCUT2D eigenvalue weighted by molar-refractivity contribution is 9.10. The second-order valence-corrected chi connectivity index (χ2v) is 5.68. The van der Waals surface area contributed by atoms with Gasteiger partial charge in [-0.3, -0.25) is 9.52 Å². The van der Waals surface area contributed by atoms with Gasteiger partial charge < -0.3 is 0 Å². The van der Waals surface area contributed by atoms with Crippen LogP contribution >= 0.6 is 15.9 Å². The predicted octanol–water partition coefficient (Wildman–Crippen LogP) is 1.41. The number of sulfonamides is 1. The van der Waals surface area contributed by atoms with Crippen LogP contribution in [0.25, 0.3) is 0 Å². The van der Waals surface area contributed by atoms with Gasteiger partial charge in [-0.25, -0.2) is 8.42 Å². The highest BCUT2D eigenvalue weighted by atomic mass is 79.9. The van der Waals surface area contributed by atoms with Crippen LogP contribution in [0, 0.1) is 0 Å². The summed E-state index contributed by atoms with van der Waals surface area (Å²) < 4.78 is 25.5. The van der Waals surface area contributed by atoms with E-state index in [0.717, 1.165) is 4.47 Å². The van der Waals surface area contributed by atoms with Crippen LogP contribution in [0.4, 0.5) is 0 Å². The summed E-state index contributed by atoms with van der Waals surface area (Å²) in [5.74, 6) is -0.771. The molecule has 0 spiro atoms. The Hall–Kier alpha value is -0.880. The molecule has 0 saturated carbocycles. The van der Waals surface area contributed by atoms with Crippen LogP contribution in [-0.4, -0.2) is 14.3 Å². The Balaban J connectivity index is 2.78. The van der Waals surface area contributed by atoms with Crippen molar-refractivity contribution in [1.82, 2.24) is 4.72 Å². The molecule has 0 unspecified atom stereocenters. The first-order valence-corrected chi connectivity index (χ1v) is 6.59. The molecule has 0 fully saturated rings. The third kappa shape index (κ3) is 4.44. The summed E-state index contributed by atoms with van der Waals surface area (Å²) in [6.45, 7) is 1.17. The van der Waals surface area contributed by atoms with Gasteiger partial charge in [0.1, 0.15) is 0 Å². The van der Waals surface area contributed by atoms with Crippen molar-refractivity contribution in [2.75, 3.05) is 0 Å². The third-order valence-corrected chi connectivity index (χ3v) is 3.41. The lowest BCUT2D eigenvalue weighted by atomic mass is 10.2. The van der Waals surface area contributed by atoms with E-state index >= 15 is 0 Å². The van der Waals surface area contributed by atoms with Gasteiger partial charge in [-0.1, -0.05) is 28.1 Å². The molecule has 0 bridgehead atoms. The highest BCUT2D eigenvalue weighted by Gasteiger charge is 2.12. The number of nitrogens with one attached hydrogen (secondary N) is 1. The summed E-state index contributed by atoms with van der Waals surface area (Å²) in [7, 11) is -3.56. The van der Waals surface area contributed by atoms with Gasteiger partial charge in [-0.15, -0.1) is 0 Å². The Kier molecular flexibility index (Phi) is 3.87. The zero-order valence-corrected chi connectivity index (χ0v) is 10.4. The zero-order valence-electron chi connectivity index (χ0n) is 8.03. The summed E-state index contributed by atoms with van der Waals surface area (Å²) in [4.78, 5) is 10.6. The minimum Gasteiger partial charge on any atom is -0.274 e. The van der Waals surface area contributed by atoms with E-state index in [9.17, 15) is 13.2 Å². The first kappa shape index (κ1) is 12.2. The van der Waals surface area contributed by atoms with Gasteiger partial charge in [0.25, 0.3) is 0 Å². The van der Waals surface area contributed by atoms with Gasteiger partial charge in [0.05, 0.1) is 5.75 Å². The largest absolute Gasteiger partial charge is 0.274 e. The lowest BCUT2D eigenvalue weighted by Crippen LogP contribution is -2.29. The summed E-state index contributed by atoms with van der Waals surface area (Å²) >= 11 is 3.25. The minimum absolute atomic E-state index is 0.195. The van der Waals surface area contributed by atoms with Crippen molar-refractivity contribution in [3.63, 3.8) is 0 Å². The van der Waals surface area contributed by atoms with Crippen LogP contribution in [0.1, 0.15) is 12.5 Å². The van der Waals surface area contributed by atoms with Gasteiger partial charge in [0, 0.05) is 11.4 Å². The first-order valence-electron chi connectivity index (χ1n) is 4.14. The van der Waals surface area contributed by atoms with Crippen molar-refractivity contribution in [2.24, 2.45) is 0 Å². The lowest BCUT2D eigenvalue weighted by molar-refractivity contribution is -0.117. The number of carbonyl (C=O) groups excluding carboxylic acids is 1. The molecule has 1 rings (SSSR count). The Morgan fingerprint density at radius 1 is 1.33 bits per heavy atom. The number of halogens is 1. The average Bonchev–Trinajstić information content (AvgIpc) is 2.06. The number of amides is 1. The summed E-state index contributed by atoms with van der Waals surface area (Å²) in [5.41, 5.74) is 0.631. The summed E-state index contributed by atoms with van der Waals surface area (Å²) in [5, 5.41) is 0. The van der Waals surface area contributed by atoms with E-state index in [1.807, 2.05) is 4.72 Å². The van der Waals surface area contributed by atoms with E-state index in [2.05, 4.69) is 15.9 Å². The molecule has 0 saturated heterocycles. The maximum atomic E-state index is 11.4. The molecule has 0 atom stereocenters. The topological polar surface area (TPSA) is 63.2 Å². The molecule has 6 heteroatoms. The molecule has 1 aromatic carbocycles. The highest BCUT2D eigenvalue weighted by Crippen LogP contribution is 2.12. The number of carbonyl (C=O) groups is 1. The monoisotopic (exact) mass is 291 g/mol. The van der Waals surface area contributed by atoms with Crippen molar-refractivity contribution in [3.8, 4) is 0 Å². The molecule has 82 valence electrons. The lowest BCUT2D eigenvalue weighted by Gasteiger charge is -2.04. The predicted molar refractivity (Wildman–Crippen MR) is 60.6 cm³/mol. The molecule has 1 aromatic rings. The van der Waals surface area contributed by atoms with Crippen molar-refractivity contribution in [3.05, 3.63) is 34.3 Å². The van der Waals surface area contributed by atoms with Crippen LogP contribution in [0.5, 0.6) is 0 Å². The molecule has 0 heterocycles. The number of rotatable bonds is 3. The van der Waals surface area contributed by atoms with E-state index in [0.29, 0.717) is 5.56 Å². The number of benzene rings is 1. The van der Waals surface area contributed by atoms with Gasteiger partial charge in [0.2, 0.25) is 15.9 Å². The van der Waals surface area contributed by atoms with Crippen LogP contribution in [0.15, 0.2) is 28.7 Å². The molecule has 0 aliphatic rings. The summed E-state index contributed by atoms with van der Waals surface area (Å²) in [6, 6.07) is 6.87. The zero-order chi connectivity index (χ0) is 11.5. The maximum absolute atomic E-state index is 11.4. The molecule has 15 heavy (non-hydrogen) atoms. The quantitative estimate of drug-likeness (QED) is 0.916. The second kappa shape index (κ2) is 4.76. The van der Waals surface area contributed by atoms with E-state index < -0.39 is 15.9 Å². The Morgan fingerprint density at radius 2 is 1.87 bits per heavy atom. The fourth-order valence-corrected chi connectivity index (χ4v) is 2.46. The van der Waals surface area contributed by atoms with Gasteiger partial charge >= 0.3 is 0 Å². The Labute approximate surface area is 96.9 Å². The van der Waals surface area contributed by atoms with Crippen LogP contribution in [-0.2, 0) is 20.6 Å². The molecular weight excluding hydrogens is 282 g/mol. The normalized spacial score (nSPS) is 11.1. The molecule has 1 amide bonds. The second-order valence-electron chi connectivity index (χ2n) is 3.04. The number of hydrogen-bond acceptors (Lipinski definition) is 3. The smallest absolute Gasteiger partial charge is 0.239 e. The molecule has 4 nitrogen and oxygen atoms in total. The Bertz CT molecular complexity index is 453. The SMILES string of the molecule is CC(=O)NS(=O)(=O)Cc1ccc(Br)cc1. The molecule has 0 radical (unpaired) electrons. The summed E-state index contributed by atoms with van der Waals surface area (Å²) in [6.07, 6.45) is 0. The first-order chi connectivity index (χ1) is 6.89. The van der Waals surface area contributed by atoms with Crippen molar-refractivity contribution in [2.45, 2.75) is 12.7 Å². The van der Waals surface area contributed by atoms with Crippen molar-refractivity contribution >= 4 is 31.9 Å². The van der Waals surface area contributed by atoms with Crippen molar-refractivity contribution < 1.29 is 13.2 Å². The van der Waals surface area contributed by atoms with Gasteiger partial charge in [-0.2, -0.15) is 0 Å². The van der Waals surface area contributed by atoms with Crippen molar-refractivity contribution in [1.29, 1.82) is 0 Å². The van der Waals surface area contributed by atoms with E-state index in [4.69, 9.17) is 0 Å². The van der Waals surface area contributed by atoms with Gasteiger partial charge in [0.15, 0.2) is 0 Å². The standard InChI is InChI=1S/C9H10BrNO3S/c1-7(12)11-15(13,14)6-8-2-4-9(10)5-3-8/h2-5H,6H2,1H3,(H,11,12). The third-order valence-electron chi connectivity index (χ3n) is 1.57. The van der Waals surface area contributed by atoms with Crippen LogP contribution in [0.3, 0.4) is 0 Å². The molecule has 0 aliphatic carbocycles. The molecule has 1 N–H and O–H groups in total. The van der Waals surface area contributed by atoms with Crippen LogP contribution < -0.4 is 4.72 Å². The molecular formula is C9H10BrNO3S. The fourth-order valence-electron chi connectivity index (χ4n) is 1.06. The Morgan fingerprint density at radius 3 is 2.33 bits per heavy atom. The number of hydrogen-bond donors (Lipinski definition) is 1. The van der Waals surface area contributed by atoms with E-state index in [1.165, 1.54) is 6.92 Å². The fraction of sp³-hybridized carbons (Fsp3) is 0.222. The molecule has 0 aliphatic heterocycles. The minimum atomic E-state index is -3.56. The van der Waals surface area contributed by atoms with E-state index in [1.54, 1.807) is 24.3 Å². The molecule has 0 aromatic heterocycles.